The monoisotopic (exact) mass is 301 g/mol. The summed E-state index contributed by atoms with van der Waals surface area (Å²) in [4.78, 5) is 1.29. The molecule has 0 heterocycles. The lowest BCUT2D eigenvalue weighted by molar-refractivity contribution is 0.344. The van der Waals surface area contributed by atoms with Crippen molar-refractivity contribution in [1.82, 2.24) is 5.32 Å². The van der Waals surface area contributed by atoms with Crippen LogP contribution in [0.3, 0.4) is 0 Å². The first kappa shape index (κ1) is 15.9. The summed E-state index contributed by atoms with van der Waals surface area (Å²) >= 11 is 1.82. The van der Waals surface area contributed by atoms with E-state index < -0.39 is 0 Å². The molecule has 112 valence electrons. The Morgan fingerprint density at radius 3 is 2.38 bits per heavy atom. The summed E-state index contributed by atoms with van der Waals surface area (Å²) in [5.41, 5.74) is 1.29. The van der Waals surface area contributed by atoms with Crippen molar-refractivity contribution in [1.29, 1.82) is 0 Å². The Hall–Kier alpha value is -1.45. The highest BCUT2D eigenvalue weighted by atomic mass is 32.2. The largest absolute Gasteiger partial charge is 0.493 e. The molecule has 0 atom stereocenters. The van der Waals surface area contributed by atoms with E-state index in [0.29, 0.717) is 6.04 Å². The van der Waals surface area contributed by atoms with E-state index >= 15 is 0 Å². The van der Waals surface area contributed by atoms with Crippen LogP contribution in [0.2, 0.25) is 0 Å². The number of hydrogen-bond donors (Lipinski definition) is 1. The third kappa shape index (κ3) is 6.23. The van der Waals surface area contributed by atoms with Crippen molar-refractivity contribution in [3.63, 3.8) is 0 Å². The van der Waals surface area contributed by atoms with Gasteiger partial charge >= 0.3 is 0 Å². The van der Waals surface area contributed by atoms with Gasteiger partial charge in [-0.2, -0.15) is 0 Å². The van der Waals surface area contributed by atoms with Gasteiger partial charge in [0.2, 0.25) is 0 Å². The van der Waals surface area contributed by atoms with E-state index in [2.05, 4.69) is 55.6 Å². The molecule has 0 aliphatic rings. The Bertz CT molecular complexity index is 511. The molecular weight excluding hydrogens is 278 g/mol. The maximum absolute atomic E-state index is 5.77. The molecule has 0 unspecified atom stereocenters. The van der Waals surface area contributed by atoms with E-state index in [1.165, 1.54) is 10.5 Å². The molecule has 2 aromatic carbocycles. The lowest BCUT2D eigenvalue weighted by atomic mass is 10.2. The molecule has 0 fully saturated rings. The maximum Gasteiger partial charge on any atom is 0.119 e. The number of ether oxygens (including phenoxy) is 1. The van der Waals surface area contributed by atoms with E-state index in [1.54, 1.807) is 0 Å². The number of thioether (sulfide) groups is 1. The van der Waals surface area contributed by atoms with E-state index in [0.717, 1.165) is 24.7 Å². The standard InChI is InChI=1S/C18H23NOS/c1-15(2)19-14-16-8-10-17(11-9-16)20-12-13-21-18-6-4-3-5-7-18/h3-11,15,19H,12-14H2,1-2H3. The molecule has 21 heavy (non-hydrogen) atoms. The van der Waals surface area contributed by atoms with Gasteiger partial charge in [0.1, 0.15) is 5.75 Å². The second-order valence-corrected chi connectivity index (χ2v) is 6.36. The summed E-state index contributed by atoms with van der Waals surface area (Å²) in [6.45, 7) is 5.94. The zero-order valence-corrected chi connectivity index (χ0v) is 13.5. The van der Waals surface area contributed by atoms with Crippen LogP contribution in [0.5, 0.6) is 5.75 Å². The molecule has 0 amide bonds. The normalized spacial score (nSPS) is 10.8. The first-order valence-electron chi connectivity index (χ1n) is 7.37. The fraction of sp³-hybridized carbons (Fsp3) is 0.333. The molecule has 0 spiro atoms. The van der Waals surface area contributed by atoms with E-state index in [9.17, 15) is 0 Å². The molecule has 0 saturated heterocycles. The number of hydrogen-bond acceptors (Lipinski definition) is 3. The Morgan fingerprint density at radius 1 is 1.00 bits per heavy atom. The fourth-order valence-corrected chi connectivity index (χ4v) is 2.61. The van der Waals surface area contributed by atoms with Crippen LogP contribution in [-0.4, -0.2) is 18.4 Å². The van der Waals surface area contributed by atoms with Gasteiger partial charge in [0, 0.05) is 23.2 Å². The molecular formula is C18H23NOS. The van der Waals surface area contributed by atoms with Gasteiger partial charge in [-0.15, -0.1) is 11.8 Å². The maximum atomic E-state index is 5.77. The second-order valence-electron chi connectivity index (χ2n) is 5.19. The lowest BCUT2D eigenvalue weighted by Crippen LogP contribution is -2.21. The van der Waals surface area contributed by atoms with Crippen LogP contribution < -0.4 is 10.1 Å². The summed E-state index contributed by atoms with van der Waals surface area (Å²) in [5, 5.41) is 3.41. The summed E-state index contributed by atoms with van der Waals surface area (Å²) in [6, 6.07) is 19.3. The van der Waals surface area contributed by atoms with Gasteiger partial charge in [0.15, 0.2) is 0 Å². The van der Waals surface area contributed by atoms with Crippen LogP contribution in [0, 0.1) is 0 Å². The van der Waals surface area contributed by atoms with Gasteiger partial charge in [-0.25, -0.2) is 0 Å². The fourth-order valence-electron chi connectivity index (χ4n) is 1.86. The van der Waals surface area contributed by atoms with Crippen molar-refractivity contribution in [2.75, 3.05) is 12.4 Å². The molecule has 2 aromatic rings. The predicted octanol–water partition coefficient (Wildman–Crippen LogP) is 4.36. The summed E-state index contributed by atoms with van der Waals surface area (Å²) in [5.74, 6) is 1.90. The van der Waals surface area contributed by atoms with Crippen molar-refractivity contribution < 1.29 is 4.74 Å². The average molecular weight is 301 g/mol. The zero-order valence-electron chi connectivity index (χ0n) is 12.7. The van der Waals surface area contributed by atoms with Gasteiger partial charge in [-0.05, 0) is 29.8 Å². The van der Waals surface area contributed by atoms with Crippen molar-refractivity contribution in [2.24, 2.45) is 0 Å². The summed E-state index contributed by atoms with van der Waals surface area (Å²) in [6.07, 6.45) is 0. The second kappa shape index (κ2) is 8.75. The van der Waals surface area contributed by atoms with Crippen LogP contribution >= 0.6 is 11.8 Å². The Labute approximate surface area is 131 Å². The average Bonchev–Trinajstić information content (AvgIpc) is 2.52. The van der Waals surface area contributed by atoms with E-state index in [1.807, 2.05) is 30.0 Å². The first-order chi connectivity index (χ1) is 10.2. The van der Waals surface area contributed by atoms with Gasteiger partial charge < -0.3 is 10.1 Å². The molecule has 2 rings (SSSR count). The molecule has 1 N–H and O–H groups in total. The van der Waals surface area contributed by atoms with Crippen LogP contribution in [0.25, 0.3) is 0 Å². The highest BCUT2D eigenvalue weighted by Gasteiger charge is 1.98. The highest BCUT2D eigenvalue weighted by molar-refractivity contribution is 7.99. The molecule has 0 aliphatic heterocycles. The minimum Gasteiger partial charge on any atom is -0.493 e. The Kier molecular flexibility index (Phi) is 6.64. The Morgan fingerprint density at radius 2 is 1.71 bits per heavy atom. The minimum atomic E-state index is 0.510. The van der Waals surface area contributed by atoms with Gasteiger partial charge in [-0.1, -0.05) is 44.2 Å². The lowest BCUT2D eigenvalue weighted by Gasteiger charge is -2.09. The molecule has 3 heteroatoms. The van der Waals surface area contributed by atoms with Crippen molar-refractivity contribution in [2.45, 2.75) is 31.3 Å². The van der Waals surface area contributed by atoms with Crippen LogP contribution in [0.1, 0.15) is 19.4 Å². The summed E-state index contributed by atoms with van der Waals surface area (Å²) < 4.78 is 5.77. The van der Waals surface area contributed by atoms with Crippen molar-refractivity contribution >= 4 is 11.8 Å². The van der Waals surface area contributed by atoms with Gasteiger partial charge in [0.05, 0.1) is 6.61 Å². The van der Waals surface area contributed by atoms with Gasteiger partial charge in [0.25, 0.3) is 0 Å². The number of rotatable bonds is 8. The molecule has 0 saturated carbocycles. The minimum absolute atomic E-state index is 0.510. The molecule has 0 radical (unpaired) electrons. The third-order valence-corrected chi connectivity index (χ3v) is 3.98. The molecule has 0 bridgehead atoms. The summed E-state index contributed by atoms with van der Waals surface area (Å²) in [7, 11) is 0. The number of nitrogens with one attached hydrogen (secondary N) is 1. The zero-order chi connectivity index (χ0) is 14.9. The van der Waals surface area contributed by atoms with Crippen molar-refractivity contribution in [3.8, 4) is 5.75 Å². The molecule has 0 aromatic heterocycles. The van der Waals surface area contributed by atoms with Crippen LogP contribution in [0.15, 0.2) is 59.5 Å². The predicted molar refractivity (Wildman–Crippen MR) is 91.1 cm³/mol. The van der Waals surface area contributed by atoms with Crippen molar-refractivity contribution in [3.05, 3.63) is 60.2 Å². The third-order valence-electron chi connectivity index (χ3n) is 3.00. The Balaban J connectivity index is 1.69. The van der Waals surface area contributed by atoms with E-state index in [4.69, 9.17) is 4.74 Å². The first-order valence-corrected chi connectivity index (χ1v) is 8.35. The quantitative estimate of drug-likeness (QED) is 0.578. The SMILES string of the molecule is CC(C)NCc1ccc(OCCSc2ccccc2)cc1. The number of benzene rings is 2. The van der Waals surface area contributed by atoms with Crippen LogP contribution in [0.4, 0.5) is 0 Å². The van der Waals surface area contributed by atoms with E-state index in [-0.39, 0.29) is 0 Å². The van der Waals surface area contributed by atoms with Crippen LogP contribution in [-0.2, 0) is 6.54 Å². The molecule has 2 nitrogen and oxygen atoms in total. The topological polar surface area (TPSA) is 21.3 Å². The van der Waals surface area contributed by atoms with Gasteiger partial charge in [-0.3, -0.25) is 0 Å². The highest BCUT2D eigenvalue weighted by Crippen LogP contribution is 2.17. The molecule has 0 aliphatic carbocycles. The smallest absolute Gasteiger partial charge is 0.119 e.